The minimum Gasteiger partial charge on any atom is -0.322 e. The second-order valence-corrected chi connectivity index (χ2v) is 5.86. The van der Waals surface area contributed by atoms with Crippen LogP contribution in [0.1, 0.15) is 21.5 Å². The zero-order chi connectivity index (χ0) is 15.8. The Kier molecular flexibility index (Phi) is 3.44. The summed E-state index contributed by atoms with van der Waals surface area (Å²) in [5.74, 6) is -0.246. The van der Waals surface area contributed by atoms with Crippen molar-refractivity contribution in [1.82, 2.24) is 15.3 Å². The fraction of sp³-hybridized carbons (Fsp3) is 0.118. The summed E-state index contributed by atoms with van der Waals surface area (Å²) in [6, 6.07) is 9.24. The van der Waals surface area contributed by atoms with E-state index in [2.05, 4.69) is 20.6 Å². The van der Waals surface area contributed by atoms with Gasteiger partial charge in [0.1, 0.15) is 5.52 Å². The summed E-state index contributed by atoms with van der Waals surface area (Å²) >= 11 is 6.09. The second kappa shape index (κ2) is 5.61. The number of aromatic nitrogens is 2. The molecule has 0 unspecified atom stereocenters. The lowest BCUT2D eigenvalue weighted by Crippen LogP contribution is -2.13. The molecular formula is C17H13ClN4O. The van der Waals surface area contributed by atoms with Gasteiger partial charge in [-0.15, -0.1) is 0 Å². The van der Waals surface area contributed by atoms with Gasteiger partial charge >= 0.3 is 0 Å². The Morgan fingerprint density at radius 3 is 2.83 bits per heavy atom. The number of carbonyl (C=O) groups excluding carboxylic acids is 1. The molecule has 5 nitrogen and oxygen atoms in total. The van der Waals surface area contributed by atoms with Gasteiger partial charge in [0.2, 0.25) is 0 Å². The summed E-state index contributed by atoms with van der Waals surface area (Å²) in [6.07, 6.45) is 3.14. The first-order chi connectivity index (χ1) is 11.2. The zero-order valence-corrected chi connectivity index (χ0v) is 12.9. The maximum Gasteiger partial charge on any atom is 0.257 e. The molecule has 0 atom stereocenters. The molecule has 0 spiro atoms. The molecule has 1 aliphatic heterocycles. The minimum absolute atomic E-state index is 0.246. The van der Waals surface area contributed by atoms with Crippen molar-refractivity contribution in [2.24, 2.45) is 0 Å². The molecule has 3 aromatic rings. The highest BCUT2D eigenvalue weighted by molar-refractivity contribution is 6.32. The van der Waals surface area contributed by atoms with Gasteiger partial charge in [0.25, 0.3) is 5.91 Å². The lowest BCUT2D eigenvalue weighted by molar-refractivity contribution is 0.102. The Balaban J connectivity index is 1.70. The van der Waals surface area contributed by atoms with Gasteiger partial charge in [-0.2, -0.15) is 0 Å². The maximum absolute atomic E-state index is 12.6. The summed E-state index contributed by atoms with van der Waals surface area (Å²) in [5, 5.41) is 6.66. The molecule has 0 saturated heterocycles. The molecule has 6 heteroatoms. The molecule has 0 bridgehead atoms. The van der Waals surface area contributed by atoms with Crippen molar-refractivity contribution in [2.45, 2.75) is 13.1 Å². The van der Waals surface area contributed by atoms with Crippen LogP contribution < -0.4 is 10.6 Å². The molecule has 1 aliphatic rings. The molecule has 4 rings (SSSR count). The van der Waals surface area contributed by atoms with Gasteiger partial charge in [-0.3, -0.25) is 14.8 Å². The van der Waals surface area contributed by atoms with Crippen LogP contribution >= 0.6 is 11.6 Å². The van der Waals surface area contributed by atoms with Gasteiger partial charge in [0, 0.05) is 36.2 Å². The first kappa shape index (κ1) is 14.1. The molecule has 0 saturated carbocycles. The molecule has 23 heavy (non-hydrogen) atoms. The zero-order valence-electron chi connectivity index (χ0n) is 12.1. The van der Waals surface area contributed by atoms with Gasteiger partial charge in [-0.1, -0.05) is 17.7 Å². The lowest BCUT2D eigenvalue weighted by atomic mass is 10.1. The third-order valence-electron chi connectivity index (χ3n) is 3.88. The first-order valence-electron chi connectivity index (χ1n) is 7.25. The molecule has 2 aromatic carbocycles. The van der Waals surface area contributed by atoms with Crippen molar-refractivity contribution in [3.05, 3.63) is 64.4 Å². The Hall–Kier alpha value is -2.50. The van der Waals surface area contributed by atoms with Crippen molar-refractivity contribution in [2.75, 3.05) is 5.32 Å². The quantitative estimate of drug-likeness (QED) is 0.760. The lowest BCUT2D eigenvalue weighted by Gasteiger charge is -2.09. The van der Waals surface area contributed by atoms with Gasteiger partial charge in [-0.05, 0) is 35.4 Å². The van der Waals surface area contributed by atoms with E-state index >= 15 is 0 Å². The van der Waals surface area contributed by atoms with Crippen LogP contribution in [0.2, 0.25) is 5.02 Å². The molecule has 1 aromatic heterocycles. The summed E-state index contributed by atoms with van der Waals surface area (Å²) < 4.78 is 0. The highest BCUT2D eigenvalue weighted by Crippen LogP contribution is 2.24. The normalized spacial score (nSPS) is 13.1. The average molecular weight is 325 g/mol. The maximum atomic E-state index is 12.6. The molecule has 1 amide bonds. The summed E-state index contributed by atoms with van der Waals surface area (Å²) in [4.78, 5) is 21.1. The van der Waals surface area contributed by atoms with Crippen LogP contribution in [0.25, 0.3) is 11.0 Å². The van der Waals surface area contributed by atoms with Crippen molar-refractivity contribution in [3.63, 3.8) is 0 Å². The average Bonchev–Trinajstić information content (AvgIpc) is 3.01. The topological polar surface area (TPSA) is 66.9 Å². The molecule has 2 heterocycles. The number of nitrogens with zero attached hydrogens (tertiary/aromatic N) is 2. The summed E-state index contributed by atoms with van der Waals surface area (Å²) in [7, 11) is 0. The van der Waals surface area contributed by atoms with E-state index in [-0.39, 0.29) is 5.91 Å². The third kappa shape index (κ3) is 2.65. The van der Waals surface area contributed by atoms with Gasteiger partial charge in [0.15, 0.2) is 0 Å². The molecular weight excluding hydrogens is 312 g/mol. The van der Waals surface area contributed by atoms with E-state index in [1.54, 1.807) is 24.5 Å². The number of amides is 1. The van der Waals surface area contributed by atoms with Crippen molar-refractivity contribution >= 4 is 34.2 Å². The number of hydrogen-bond acceptors (Lipinski definition) is 4. The Morgan fingerprint density at radius 2 is 1.91 bits per heavy atom. The fourth-order valence-corrected chi connectivity index (χ4v) is 3.00. The minimum atomic E-state index is -0.246. The molecule has 0 fully saturated rings. The second-order valence-electron chi connectivity index (χ2n) is 5.42. The number of carbonyl (C=O) groups is 1. The molecule has 114 valence electrons. The smallest absolute Gasteiger partial charge is 0.257 e. The Bertz CT molecular complexity index is 926. The van der Waals surface area contributed by atoms with Crippen molar-refractivity contribution in [1.29, 1.82) is 0 Å². The largest absolute Gasteiger partial charge is 0.322 e. The standard InChI is InChI=1S/C17H13ClN4O/c18-12-6-14(16-15(7-12)20-3-4-21-16)17(23)22-13-2-1-10-8-19-9-11(10)5-13/h1-7,19H,8-9H2,(H,22,23). The van der Waals surface area contributed by atoms with Crippen LogP contribution in [-0.2, 0) is 13.1 Å². The van der Waals surface area contributed by atoms with Crippen LogP contribution in [0.4, 0.5) is 5.69 Å². The Morgan fingerprint density at radius 1 is 1.09 bits per heavy atom. The predicted molar refractivity (Wildman–Crippen MR) is 89.5 cm³/mol. The number of nitrogens with one attached hydrogen (secondary N) is 2. The van der Waals surface area contributed by atoms with E-state index in [4.69, 9.17) is 11.6 Å². The summed E-state index contributed by atoms with van der Waals surface area (Å²) in [6.45, 7) is 1.70. The van der Waals surface area contributed by atoms with Gasteiger partial charge < -0.3 is 10.6 Å². The van der Waals surface area contributed by atoms with E-state index in [0.717, 1.165) is 18.8 Å². The highest BCUT2D eigenvalue weighted by atomic mass is 35.5. The van der Waals surface area contributed by atoms with E-state index in [0.29, 0.717) is 21.6 Å². The highest BCUT2D eigenvalue weighted by Gasteiger charge is 2.15. The van der Waals surface area contributed by atoms with Crippen LogP contribution in [0.15, 0.2) is 42.7 Å². The Labute approximate surface area is 137 Å². The van der Waals surface area contributed by atoms with E-state index in [1.165, 1.54) is 11.1 Å². The predicted octanol–water partition coefficient (Wildman–Crippen LogP) is 3.14. The number of halogens is 1. The van der Waals surface area contributed by atoms with Crippen LogP contribution in [0, 0.1) is 0 Å². The van der Waals surface area contributed by atoms with E-state index in [1.807, 2.05) is 18.2 Å². The van der Waals surface area contributed by atoms with Crippen LogP contribution in [0.3, 0.4) is 0 Å². The van der Waals surface area contributed by atoms with Crippen LogP contribution in [0.5, 0.6) is 0 Å². The van der Waals surface area contributed by atoms with E-state index in [9.17, 15) is 4.79 Å². The number of rotatable bonds is 2. The van der Waals surface area contributed by atoms with Gasteiger partial charge in [0.05, 0.1) is 11.1 Å². The number of fused-ring (bicyclic) bond motifs is 2. The van der Waals surface area contributed by atoms with Crippen molar-refractivity contribution < 1.29 is 4.79 Å². The monoisotopic (exact) mass is 324 g/mol. The molecule has 0 radical (unpaired) electrons. The SMILES string of the molecule is O=C(Nc1ccc2c(c1)CNC2)c1cc(Cl)cc2nccnc12. The molecule has 2 N–H and O–H groups in total. The van der Waals surface area contributed by atoms with Crippen molar-refractivity contribution in [3.8, 4) is 0 Å². The first-order valence-corrected chi connectivity index (χ1v) is 7.62. The van der Waals surface area contributed by atoms with E-state index < -0.39 is 0 Å². The number of benzene rings is 2. The number of hydrogen-bond donors (Lipinski definition) is 2. The third-order valence-corrected chi connectivity index (χ3v) is 4.10. The molecule has 0 aliphatic carbocycles. The fourth-order valence-electron chi connectivity index (χ4n) is 2.78. The number of anilines is 1. The van der Waals surface area contributed by atoms with Crippen LogP contribution in [-0.4, -0.2) is 15.9 Å². The van der Waals surface area contributed by atoms with Gasteiger partial charge in [-0.25, -0.2) is 0 Å². The summed E-state index contributed by atoms with van der Waals surface area (Å²) in [5.41, 5.74) is 4.79.